The molecule has 0 radical (unpaired) electrons. The van der Waals surface area contributed by atoms with E-state index in [2.05, 4.69) is 34.7 Å². The highest BCUT2D eigenvalue weighted by Gasteiger charge is 2.28. The molecule has 1 atom stereocenters. The Hall–Kier alpha value is -2.44. The minimum absolute atomic E-state index is 0.0279. The molecule has 2 heterocycles. The molecular weight excluding hydrogens is 304 g/mol. The van der Waals surface area contributed by atoms with Crippen LogP contribution in [0.3, 0.4) is 0 Å². The average molecular weight is 328 g/mol. The lowest BCUT2D eigenvalue weighted by atomic mass is 9.93. The number of hydrogen-bond donors (Lipinski definition) is 1. The minimum Gasteiger partial charge on any atom is -0.321 e. The van der Waals surface area contributed by atoms with Crippen LogP contribution in [0.25, 0.3) is 5.69 Å². The van der Waals surface area contributed by atoms with Gasteiger partial charge < -0.3 is 10.2 Å². The molecule has 1 aromatic carbocycles. The number of urea groups is 1. The van der Waals surface area contributed by atoms with E-state index in [4.69, 9.17) is 0 Å². The Morgan fingerprint density at radius 2 is 2.17 bits per heavy atom. The van der Waals surface area contributed by atoms with Crippen molar-refractivity contribution in [1.29, 1.82) is 0 Å². The molecule has 7 nitrogen and oxygen atoms in total. The number of hydrogen-bond acceptors (Lipinski definition) is 4. The summed E-state index contributed by atoms with van der Waals surface area (Å²) < 4.78 is 1.60. The van der Waals surface area contributed by atoms with E-state index in [1.54, 1.807) is 11.0 Å². The molecule has 1 aromatic heterocycles. The molecule has 1 saturated heterocycles. The van der Waals surface area contributed by atoms with E-state index in [0.29, 0.717) is 12.0 Å². The number of carbonyl (C=O) groups is 1. The summed E-state index contributed by atoms with van der Waals surface area (Å²) in [5.74, 6) is 0.464. The number of carbonyl (C=O) groups excluding carboxylic acids is 1. The van der Waals surface area contributed by atoms with Gasteiger partial charge in [-0.05, 0) is 60.2 Å². The first-order valence-electron chi connectivity index (χ1n) is 8.48. The normalized spacial score (nSPS) is 18.0. The number of aryl methyl sites for hydroxylation is 1. The number of nitrogens with one attached hydrogen (secondary N) is 1. The van der Waals surface area contributed by atoms with Gasteiger partial charge in [-0.15, -0.1) is 5.10 Å². The first-order chi connectivity index (χ1) is 11.6. The molecule has 0 bridgehead atoms. The van der Waals surface area contributed by atoms with Crippen molar-refractivity contribution in [2.45, 2.75) is 46.1 Å². The number of benzene rings is 1. The smallest absolute Gasteiger partial charge is 0.321 e. The monoisotopic (exact) mass is 328 g/mol. The van der Waals surface area contributed by atoms with Gasteiger partial charge in [0, 0.05) is 18.3 Å². The molecule has 128 valence electrons. The van der Waals surface area contributed by atoms with Crippen LogP contribution < -0.4 is 5.32 Å². The third-order valence-corrected chi connectivity index (χ3v) is 4.64. The predicted molar refractivity (Wildman–Crippen MR) is 92.1 cm³/mol. The summed E-state index contributed by atoms with van der Waals surface area (Å²) in [6, 6.07) is 6.05. The molecule has 1 fully saturated rings. The Morgan fingerprint density at radius 3 is 2.88 bits per heavy atom. The molecule has 0 saturated carbocycles. The summed E-state index contributed by atoms with van der Waals surface area (Å²) >= 11 is 0. The molecule has 0 unspecified atom stereocenters. The molecule has 0 spiro atoms. The van der Waals surface area contributed by atoms with Crippen LogP contribution in [0.1, 0.15) is 38.7 Å². The van der Waals surface area contributed by atoms with Crippen molar-refractivity contribution in [2.24, 2.45) is 5.92 Å². The van der Waals surface area contributed by atoms with Crippen molar-refractivity contribution < 1.29 is 4.79 Å². The number of rotatable bonds is 3. The van der Waals surface area contributed by atoms with Crippen LogP contribution in [0.15, 0.2) is 24.5 Å². The highest BCUT2D eigenvalue weighted by Crippen LogP contribution is 2.25. The molecule has 2 amide bonds. The second kappa shape index (κ2) is 6.98. The lowest BCUT2D eigenvalue weighted by Crippen LogP contribution is -2.48. The molecule has 7 heteroatoms. The van der Waals surface area contributed by atoms with E-state index in [0.717, 1.165) is 36.3 Å². The molecule has 3 rings (SSSR count). The lowest BCUT2D eigenvalue weighted by molar-refractivity contribution is 0.138. The molecule has 1 aliphatic rings. The van der Waals surface area contributed by atoms with Crippen LogP contribution >= 0.6 is 0 Å². The fourth-order valence-corrected chi connectivity index (χ4v) is 3.30. The number of amides is 2. The lowest BCUT2D eigenvalue weighted by Gasteiger charge is -2.38. The van der Waals surface area contributed by atoms with E-state index in [1.165, 1.54) is 6.42 Å². The molecule has 1 aliphatic heterocycles. The fraction of sp³-hybridized carbons (Fsp3) is 0.529. The van der Waals surface area contributed by atoms with Gasteiger partial charge in [-0.2, -0.15) is 0 Å². The SMILES string of the molecule is Cc1ccc(NC(=O)N2CCCC[C@H]2C(C)C)cc1-n1cnnn1. The Bertz CT molecular complexity index is 697. The van der Waals surface area contributed by atoms with Gasteiger partial charge in [0.1, 0.15) is 6.33 Å². The first-order valence-corrected chi connectivity index (χ1v) is 8.48. The quantitative estimate of drug-likeness (QED) is 0.939. The standard InChI is InChI=1S/C17H24N6O/c1-12(2)15-6-4-5-9-22(15)17(24)19-14-8-7-13(3)16(10-14)23-11-18-20-21-23/h7-8,10-12,15H,4-6,9H2,1-3H3,(H,19,24)/t15-/m0/s1. The van der Waals surface area contributed by atoms with Crippen molar-refractivity contribution >= 4 is 11.7 Å². The van der Waals surface area contributed by atoms with Crippen molar-refractivity contribution in [3.05, 3.63) is 30.1 Å². The van der Waals surface area contributed by atoms with Gasteiger partial charge in [-0.25, -0.2) is 9.48 Å². The van der Waals surface area contributed by atoms with Gasteiger partial charge in [0.25, 0.3) is 0 Å². The minimum atomic E-state index is -0.0279. The number of aromatic nitrogens is 4. The van der Waals surface area contributed by atoms with Crippen LogP contribution in [0, 0.1) is 12.8 Å². The van der Waals surface area contributed by atoms with E-state index in [1.807, 2.05) is 30.0 Å². The maximum Gasteiger partial charge on any atom is 0.322 e. The van der Waals surface area contributed by atoms with Gasteiger partial charge in [0.15, 0.2) is 0 Å². The van der Waals surface area contributed by atoms with Gasteiger partial charge in [0.05, 0.1) is 5.69 Å². The Morgan fingerprint density at radius 1 is 1.33 bits per heavy atom. The summed E-state index contributed by atoms with van der Waals surface area (Å²) in [7, 11) is 0. The molecule has 2 aromatic rings. The van der Waals surface area contributed by atoms with Crippen molar-refractivity contribution in [2.75, 3.05) is 11.9 Å². The number of anilines is 1. The number of piperidine rings is 1. The Labute approximate surface area is 142 Å². The van der Waals surface area contributed by atoms with E-state index in [-0.39, 0.29) is 6.03 Å². The van der Waals surface area contributed by atoms with Crippen LogP contribution in [-0.2, 0) is 0 Å². The Balaban J connectivity index is 1.78. The van der Waals surface area contributed by atoms with Gasteiger partial charge >= 0.3 is 6.03 Å². The second-order valence-corrected chi connectivity index (χ2v) is 6.69. The topological polar surface area (TPSA) is 75.9 Å². The van der Waals surface area contributed by atoms with Crippen molar-refractivity contribution in [3.63, 3.8) is 0 Å². The predicted octanol–water partition coefficient (Wildman–Crippen LogP) is 3.01. The van der Waals surface area contributed by atoms with E-state index in [9.17, 15) is 4.79 Å². The summed E-state index contributed by atoms with van der Waals surface area (Å²) in [5.41, 5.74) is 2.65. The Kier molecular flexibility index (Phi) is 4.78. The number of nitrogens with zero attached hydrogens (tertiary/aromatic N) is 5. The van der Waals surface area contributed by atoms with Crippen LogP contribution in [-0.4, -0.2) is 43.7 Å². The third kappa shape index (κ3) is 3.39. The first kappa shape index (κ1) is 16.4. The fourth-order valence-electron chi connectivity index (χ4n) is 3.30. The van der Waals surface area contributed by atoms with Crippen LogP contribution in [0.5, 0.6) is 0 Å². The third-order valence-electron chi connectivity index (χ3n) is 4.64. The molecule has 0 aliphatic carbocycles. The zero-order valence-corrected chi connectivity index (χ0v) is 14.4. The van der Waals surface area contributed by atoms with Crippen LogP contribution in [0.4, 0.5) is 10.5 Å². The second-order valence-electron chi connectivity index (χ2n) is 6.69. The molecular formula is C17H24N6O. The van der Waals surface area contributed by atoms with Crippen molar-refractivity contribution in [1.82, 2.24) is 25.1 Å². The summed E-state index contributed by atoms with van der Waals surface area (Å²) in [4.78, 5) is 14.7. The van der Waals surface area contributed by atoms with Gasteiger partial charge in [-0.1, -0.05) is 19.9 Å². The summed E-state index contributed by atoms with van der Waals surface area (Å²) in [5, 5.41) is 14.3. The number of likely N-dealkylation sites (tertiary alicyclic amines) is 1. The maximum absolute atomic E-state index is 12.7. The molecule has 1 N–H and O–H groups in total. The molecule has 24 heavy (non-hydrogen) atoms. The largest absolute Gasteiger partial charge is 0.322 e. The van der Waals surface area contributed by atoms with Gasteiger partial charge in [0.2, 0.25) is 0 Å². The zero-order chi connectivity index (χ0) is 17.1. The van der Waals surface area contributed by atoms with Gasteiger partial charge in [-0.3, -0.25) is 0 Å². The highest BCUT2D eigenvalue weighted by atomic mass is 16.2. The van der Waals surface area contributed by atoms with Crippen LogP contribution in [0.2, 0.25) is 0 Å². The number of tetrazole rings is 1. The van der Waals surface area contributed by atoms with E-state index < -0.39 is 0 Å². The summed E-state index contributed by atoms with van der Waals surface area (Å²) in [6.07, 6.45) is 4.89. The zero-order valence-electron chi connectivity index (χ0n) is 14.4. The van der Waals surface area contributed by atoms with Crippen molar-refractivity contribution in [3.8, 4) is 5.69 Å². The van der Waals surface area contributed by atoms with E-state index >= 15 is 0 Å². The highest BCUT2D eigenvalue weighted by molar-refractivity contribution is 5.90. The summed E-state index contributed by atoms with van der Waals surface area (Å²) in [6.45, 7) is 7.17. The average Bonchev–Trinajstić information content (AvgIpc) is 3.10. The maximum atomic E-state index is 12.7.